The second kappa shape index (κ2) is 8.66. The van der Waals surface area contributed by atoms with E-state index in [1.54, 1.807) is 0 Å². The van der Waals surface area contributed by atoms with Crippen molar-refractivity contribution >= 4 is 46.0 Å². The fourth-order valence-corrected chi connectivity index (χ4v) is 4.93. The molecule has 30 heavy (non-hydrogen) atoms. The molecule has 0 spiro atoms. The van der Waals surface area contributed by atoms with Crippen LogP contribution >= 0.6 is 23.2 Å². The number of hydrogen-bond acceptors (Lipinski definition) is 5. The molecule has 1 saturated carbocycles. The van der Waals surface area contributed by atoms with Crippen LogP contribution < -0.4 is 10.2 Å². The van der Waals surface area contributed by atoms with Gasteiger partial charge in [0.15, 0.2) is 5.58 Å². The lowest BCUT2D eigenvalue weighted by atomic mass is 9.78. The molecule has 1 saturated heterocycles. The molecule has 0 radical (unpaired) electrons. The van der Waals surface area contributed by atoms with Crippen molar-refractivity contribution < 1.29 is 4.42 Å². The Hall–Kier alpha value is -1.95. The third-order valence-electron chi connectivity index (χ3n) is 6.35. The number of fused-ring (bicyclic) bond motifs is 1. The Kier molecular flexibility index (Phi) is 5.77. The number of para-hydroxylation sites is 2. The molecule has 1 aliphatic carbocycles. The summed E-state index contributed by atoms with van der Waals surface area (Å²) in [6.45, 7) is 5.29. The first-order valence-electron chi connectivity index (χ1n) is 10.7. The summed E-state index contributed by atoms with van der Waals surface area (Å²) in [5.41, 5.74) is 2.80. The summed E-state index contributed by atoms with van der Waals surface area (Å²) in [7, 11) is 0. The minimum atomic E-state index is 0.477. The van der Waals surface area contributed by atoms with Crippen LogP contribution in [0.25, 0.3) is 11.1 Å². The van der Waals surface area contributed by atoms with E-state index < -0.39 is 0 Å². The van der Waals surface area contributed by atoms with E-state index in [9.17, 15) is 0 Å². The molecule has 1 aromatic heterocycles. The Morgan fingerprint density at radius 2 is 1.80 bits per heavy atom. The smallest absolute Gasteiger partial charge is 0.295 e. The molecule has 3 aromatic rings. The Balaban J connectivity index is 1.04. The Morgan fingerprint density at radius 3 is 2.60 bits per heavy atom. The molecular formula is C23H26Cl2N4O. The molecule has 158 valence electrons. The number of anilines is 2. The summed E-state index contributed by atoms with van der Waals surface area (Å²) in [5, 5.41) is 4.74. The highest BCUT2D eigenvalue weighted by Crippen LogP contribution is 2.35. The second-order valence-electron chi connectivity index (χ2n) is 8.36. The van der Waals surface area contributed by atoms with E-state index in [2.05, 4.69) is 26.2 Å². The van der Waals surface area contributed by atoms with Crippen LogP contribution in [0.3, 0.4) is 0 Å². The molecule has 1 N–H and O–H groups in total. The number of nitrogens with one attached hydrogen (secondary N) is 1. The van der Waals surface area contributed by atoms with Crippen LogP contribution in [-0.4, -0.2) is 48.6 Å². The molecule has 0 amide bonds. The summed E-state index contributed by atoms with van der Waals surface area (Å²) in [4.78, 5) is 9.42. The van der Waals surface area contributed by atoms with Crippen LogP contribution in [0.1, 0.15) is 19.3 Å². The lowest BCUT2D eigenvalue weighted by Gasteiger charge is -2.39. The zero-order valence-corrected chi connectivity index (χ0v) is 18.4. The number of rotatable bonds is 6. The molecule has 7 heteroatoms. The standard InChI is InChI=1S/C23H26Cl2N4O/c24-18-4-3-6-20(22(18)25)29-12-10-28(11-13-29)9-8-16-14-17(15-16)26-23-27-19-5-1-2-7-21(19)30-23/h1-7,16-17H,8-15H2,(H,26,27)/t16-,17-. The molecule has 2 aliphatic rings. The summed E-state index contributed by atoms with van der Waals surface area (Å²) in [6.07, 6.45) is 3.64. The molecule has 1 aliphatic heterocycles. The highest BCUT2D eigenvalue weighted by atomic mass is 35.5. The lowest BCUT2D eigenvalue weighted by Crippen LogP contribution is -2.47. The van der Waals surface area contributed by atoms with Crippen LogP contribution in [0.5, 0.6) is 0 Å². The van der Waals surface area contributed by atoms with Crippen molar-refractivity contribution in [1.29, 1.82) is 0 Å². The van der Waals surface area contributed by atoms with Crippen molar-refractivity contribution in [1.82, 2.24) is 9.88 Å². The van der Waals surface area contributed by atoms with Crippen molar-refractivity contribution in [2.75, 3.05) is 42.9 Å². The van der Waals surface area contributed by atoms with Crippen molar-refractivity contribution in [3.63, 3.8) is 0 Å². The number of hydrogen-bond donors (Lipinski definition) is 1. The van der Waals surface area contributed by atoms with Gasteiger partial charge in [0.05, 0.1) is 15.7 Å². The molecule has 5 rings (SSSR count). The predicted molar refractivity (Wildman–Crippen MR) is 124 cm³/mol. The van der Waals surface area contributed by atoms with Gasteiger partial charge in [-0.15, -0.1) is 0 Å². The minimum absolute atomic E-state index is 0.477. The van der Waals surface area contributed by atoms with Crippen molar-refractivity contribution in [2.24, 2.45) is 5.92 Å². The predicted octanol–water partition coefficient (Wildman–Crippen LogP) is 5.54. The number of nitrogens with zero attached hydrogens (tertiary/aromatic N) is 3. The SMILES string of the molecule is Clc1cccc(N2CCN(CC[C@H]3C[C@H](Nc4nc5ccccc5o4)C3)CC2)c1Cl. The van der Waals surface area contributed by atoms with E-state index >= 15 is 0 Å². The highest BCUT2D eigenvalue weighted by Gasteiger charge is 2.30. The first-order valence-corrected chi connectivity index (χ1v) is 11.4. The molecular weight excluding hydrogens is 419 g/mol. The molecule has 0 bridgehead atoms. The highest BCUT2D eigenvalue weighted by molar-refractivity contribution is 6.43. The molecule has 2 heterocycles. The van der Waals surface area contributed by atoms with Gasteiger partial charge in [-0.3, -0.25) is 4.90 Å². The van der Waals surface area contributed by atoms with Crippen LogP contribution in [0, 0.1) is 5.92 Å². The summed E-state index contributed by atoms with van der Waals surface area (Å²) >= 11 is 12.6. The Bertz CT molecular complexity index is 976. The molecule has 0 atom stereocenters. The van der Waals surface area contributed by atoms with Gasteiger partial charge in [0.1, 0.15) is 5.52 Å². The van der Waals surface area contributed by atoms with E-state index in [1.165, 1.54) is 19.3 Å². The van der Waals surface area contributed by atoms with Gasteiger partial charge in [0.2, 0.25) is 0 Å². The number of piperazine rings is 1. The lowest BCUT2D eigenvalue weighted by molar-refractivity contribution is 0.195. The van der Waals surface area contributed by atoms with E-state index in [4.69, 9.17) is 27.6 Å². The van der Waals surface area contributed by atoms with Gasteiger partial charge in [-0.25, -0.2) is 0 Å². The average molecular weight is 445 g/mol. The average Bonchev–Trinajstić information content (AvgIpc) is 3.15. The largest absolute Gasteiger partial charge is 0.424 e. The first kappa shape index (κ1) is 20.0. The monoisotopic (exact) mass is 444 g/mol. The van der Waals surface area contributed by atoms with Gasteiger partial charge in [0.25, 0.3) is 6.01 Å². The number of aromatic nitrogens is 1. The van der Waals surface area contributed by atoms with Gasteiger partial charge in [-0.1, -0.05) is 41.4 Å². The number of halogens is 2. The van der Waals surface area contributed by atoms with E-state index in [0.717, 1.165) is 55.4 Å². The van der Waals surface area contributed by atoms with Crippen molar-refractivity contribution in [2.45, 2.75) is 25.3 Å². The molecule has 5 nitrogen and oxygen atoms in total. The quantitative estimate of drug-likeness (QED) is 0.540. The number of benzene rings is 2. The van der Waals surface area contributed by atoms with Crippen molar-refractivity contribution in [3.8, 4) is 0 Å². The second-order valence-corrected chi connectivity index (χ2v) is 9.14. The van der Waals surface area contributed by atoms with Gasteiger partial charge >= 0.3 is 0 Å². The van der Waals surface area contributed by atoms with Gasteiger partial charge in [-0.2, -0.15) is 4.98 Å². The van der Waals surface area contributed by atoms with Gasteiger partial charge < -0.3 is 14.6 Å². The summed E-state index contributed by atoms with van der Waals surface area (Å²) in [5.74, 6) is 0.785. The van der Waals surface area contributed by atoms with Crippen molar-refractivity contribution in [3.05, 3.63) is 52.5 Å². The van der Waals surface area contributed by atoms with Crippen LogP contribution in [0.4, 0.5) is 11.7 Å². The van der Waals surface area contributed by atoms with Gasteiger partial charge in [0, 0.05) is 32.2 Å². The van der Waals surface area contributed by atoms with Crippen LogP contribution in [0.15, 0.2) is 46.9 Å². The number of oxazole rings is 1. The first-order chi connectivity index (χ1) is 14.7. The zero-order valence-electron chi connectivity index (χ0n) is 16.9. The third-order valence-corrected chi connectivity index (χ3v) is 7.16. The van der Waals surface area contributed by atoms with E-state index in [0.29, 0.717) is 22.1 Å². The van der Waals surface area contributed by atoms with Crippen LogP contribution in [0.2, 0.25) is 10.0 Å². The molecule has 0 unspecified atom stereocenters. The normalized spacial score (nSPS) is 22.3. The maximum Gasteiger partial charge on any atom is 0.295 e. The third kappa shape index (κ3) is 4.25. The van der Waals surface area contributed by atoms with Gasteiger partial charge in [-0.05, 0) is 56.0 Å². The van der Waals surface area contributed by atoms with E-state index in [-0.39, 0.29) is 0 Å². The Morgan fingerprint density at radius 1 is 1.00 bits per heavy atom. The van der Waals surface area contributed by atoms with Crippen LogP contribution in [-0.2, 0) is 0 Å². The minimum Gasteiger partial charge on any atom is -0.424 e. The summed E-state index contributed by atoms with van der Waals surface area (Å²) < 4.78 is 5.77. The fourth-order valence-electron chi connectivity index (χ4n) is 4.51. The maximum atomic E-state index is 6.38. The fraction of sp³-hybridized carbons (Fsp3) is 0.435. The topological polar surface area (TPSA) is 44.5 Å². The Labute approximate surface area is 186 Å². The molecule has 2 fully saturated rings. The van der Waals surface area contributed by atoms with E-state index in [1.807, 2.05) is 36.4 Å². The molecule has 2 aromatic carbocycles. The zero-order chi connectivity index (χ0) is 20.5. The summed E-state index contributed by atoms with van der Waals surface area (Å²) in [6, 6.07) is 14.9. The maximum absolute atomic E-state index is 6.38.